The second-order valence-electron chi connectivity index (χ2n) is 23.3. The summed E-state index contributed by atoms with van der Waals surface area (Å²) in [5.41, 5.74) is 0. The number of carbonyl (C=O) groups is 4. The molecule has 486 valence electrons. The highest BCUT2D eigenvalue weighted by atomic mass is 31.2. The van der Waals surface area contributed by atoms with Crippen LogP contribution in [0.4, 0.5) is 0 Å². The Morgan fingerprint density at radius 3 is 0.829 bits per heavy atom. The van der Waals surface area contributed by atoms with Crippen LogP contribution in [0.2, 0.25) is 0 Å². The van der Waals surface area contributed by atoms with E-state index in [2.05, 4.69) is 34.6 Å². The summed E-state index contributed by atoms with van der Waals surface area (Å²) in [6.07, 6.45) is 40.3. The van der Waals surface area contributed by atoms with Gasteiger partial charge in [-0.25, -0.2) is 9.13 Å². The van der Waals surface area contributed by atoms with Gasteiger partial charge in [-0.15, -0.1) is 0 Å². The van der Waals surface area contributed by atoms with Gasteiger partial charge in [0.15, 0.2) is 12.2 Å². The number of hydrogen-bond donors (Lipinski definition) is 3. The van der Waals surface area contributed by atoms with Crippen LogP contribution < -0.4 is 0 Å². The van der Waals surface area contributed by atoms with Gasteiger partial charge in [0, 0.05) is 25.7 Å². The van der Waals surface area contributed by atoms with E-state index in [1.54, 1.807) is 0 Å². The summed E-state index contributed by atoms with van der Waals surface area (Å²) in [5.74, 6) is -1.45. The Hall–Kier alpha value is -1.94. The van der Waals surface area contributed by atoms with Crippen molar-refractivity contribution < 1.29 is 80.2 Å². The molecule has 0 heterocycles. The van der Waals surface area contributed by atoms with Crippen LogP contribution in [-0.4, -0.2) is 96.7 Å². The fourth-order valence-corrected chi connectivity index (χ4v) is 11.0. The van der Waals surface area contributed by atoms with Gasteiger partial charge in [-0.1, -0.05) is 266 Å². The second kappa shape index (κ2) is 56.8. The molecule has 0 aromatic rings. The molecule has 0 saturated heterocycles. The summed E-state index contributed by atoms with van der Waals surface area (Å²) in [7, 11) is -9.88. The van der Waals surface area contributed by atoms with Crippen LogP contribution in [0.15, 0.2) is 0 Å². The van der Waals surface area contributed by atoms with Gasteiger partial charge in [0.2, 0.25) is 0 Å². The number of rotatable bonds is 63. The summed E-state index contributed by atoms with van der Waals surface area (Å²) in [5, 5.41) is 10.5. The SMILES string of the molecule is CCCCCCCCCCCCCCC(=O)O[C@H](COC(=O)CCCCCCCCCCCCC)COP(=O)(O)OC[C@@H](O)COP(=O)(O)OC[C@@H](COC(=O)CCCCCCCCC(C)C)OC(=O)CCCCCCCCCCCC. The molecule has 0 aromatic heterocycles. The molecule has 0 spiro atoms. The molecule has 0 aliphatic heterocycles. The average molecular weight is 1210 g/mol. The molecule has 0 bridgehead atoms. The summed E-state index contributed by atoms with van der Waals surface area (Å²) in [6.45, 7) is 7.09. The zero-order valence-electron chi connectivity index (χ0n) is 52.6. The molecule has 0 radical (unpaired) electrons. The zero-order chi connectivity index (χ0) is 60.6. The van der Waals surface area contributed by atoms with Crippen molar-refractivity contribution in [3.63, 3.8) is 0 Å². The predicted octanol–water partition coefficient (Wildman–Crippen LogP) is 17.4. The summed E-state index contributed by atoms with van der Waals surface area (Å²) in [4.78, 5) is 72.1. The minimum Gasteiger partial charge on any atom is -0.462 e. The van der Waals surface area contributed by atoms with Crippen LogP contribution in [0.5, 0.6) is 0 Å². The van der Waals surface area contributed by atoms with Gasteiger partial charge in [0.25, 0.3) is 0 Å². The first-order valence-electron chi connectivity index (χ1n) is 33.1. The largest absolute Gasteiger partial charge is 0.472 e. The van der Waals surface area contributed by atoms with E-state index >= 15 is 0 Å². The number of ether oxygens (including phenoxy) is 4. The Morgan fingerprint density at radius 1 is 0.329 bits per heavy atom. The molecule has 2 unspecified atom stereocenters. The van der Waals surface area contributed by atoms with E-state index in [0.29, 0.717) is 31.6 Å². The lowest BCUT2D eigenvalue weighted by Gasteiger charge is -2.21. The molecular formula is C63H122O17P2. The van der Waals surface area contributed by atoms with Crippen molar-refractivity contribution >= 4 is 39.5 Å². The van der Waals surface area contributed by atoms with Gasteiger partial charge in [0.05, 0.1) is 26.4 Å². The van der Waals surface area contributed by atoms with Crippen molar-refractivity contribution in [3.8, 4) is 0 Å². The van der Waals surface area contributed by atoms with Crippen molar-refractivity contribution in [1.82, 2.24) is 0 Å². The third kappa shape index (κ3) is 57.2. The Morgan fingerprint density at radius 2 is 0.561 bits per heavy atom. The molecule has 0 rings (SSSR count). The molecule has 19 heteroatoms. The van der Waals surface area contributed by atoms with Crippen LogP contribution >= 0.6 is 15.6 Å². The van der Waals surface area contributed by atoms with Crippen molar-refractivity contribution in [3.05, 3.63) is 0 Å². The molecule has 0 aliphatic rings. The van der Waals surface area contributed by atoms with Gasteiger partial charge in [-0.2, -0.15) is 0 Å². The van der Waals surface area contributed by atoms with Crippen LogP contribution in [0.1, 0.15) is 317 Å². The molecule has 3 N–H and O–H groups in total. The van der Waals surface area contributed by atoms with Crippen LogP contribution in [0.25, 0.3) is 0 Å². The number of phosphoric acid groups is 2. The van der Waals surface area contributed by atoms with E-state index in [0.717, 1.165) is 96.3 Å². The summed E-state index contributed by atoms with van der Waals surface area (Å²) < 4.78 is 67.9. The van der Waals surface area contributed by atoms with Crippen LogP contribution in [0.3, 0.4) is 0 Å². The molecule has 5 atom stereocenters. The molecular weight excluding hydrogens is 1090 g/mol. The number of aliphatic hydroxyl groups excluding tert-OH is 1. The number of esters is 4. The van der Waals surface area contributed by atoms with Gasteiger partial charge in [0.1, 0.15) is 19.3 Å². The number of unbranched alkanes of at least 4 members (excludes halogenated alkanes) is 35. The first-order chi connectivity index (χ1) is 39.5. The zero-order valence-corrected chi connectivity index (χ0v) is 54.4. The fourth-order valence-electron chi connectivity index (χ4n) is 9.41. The maximum atomic E-state index is 13.0. The molecule has 0 fully saturated rings. The fraction of sp³-hybridized carbons (Fsp3) is 0.937. The first-order valence-corrected chi connectivity index (χ1v) is 36.1. The Labute approximate surface area is 498 Å². The lowest BCUT2D eigenvalue weighted by molar-refractivity contribution is -0.161. The third-order valence-electron chi connectivity index (χ3n) is 14.5. The van der Waals surface area contributed by atoms with Gasteiger partial charge < -0.3 is 33.8 Å². The van der Waals surface area contributed by atoms with Gasteiger partial charge in [-0.3, -0.25) is 37.3 Å². The molecule has 0 aromatic carbocycles. The Bertz CT molecular complexity index is 1600. The maximum absolute atomic E-state index is 13.0. The van der Waals surface area contributed by atoms with Crippen molar-refractivity contribution in [2.24, 2.45) is 5.92 Å². The number of phosphoric ester groups is 2. The van der Waals surface area contributed by atoms with Crippen molar-refractivity contribution in [2.75, 3.05) is 39.6 Å². The summed E-state index contributed by atoms with van der Waals surface area (Å²) in [6, 6.07) is 0. The number of aliphatic hydroxyl groups is 1. The van der Waals surface area contributed by atoms with E-state index in [4.69, 9.17) is 37.0 Å². The first kappa shape index (κ1) is 80.1. The lowest BCUT2D eigenvalue weighted by Crippen LogP contribution is -2.30. The van der Waals surface area contributed by atoms with E-state index in [1.165, 1.54) is 135 Å². The Balaban J connectivity index is 5.23. The minimum absolute atomic E-state index is 0.105. The highest BCUT2D eigenvalue weighted by molar-refractivity contribution is 7.47. The standard InChI is InChI=1S/C63H122O17P2/c1-6-9-12-15-18-21-24-26-29-32-39-44-49-63(68)79-58(52-73-60(65)46-41-36-30-28-25-22-19-16-13-10-7-2)54-77-81(69,70)75-50-57(64)51-76-82(71,72)78-55-59(53-74-61(66)47-42-37-34-33-35-40-45-56(4)5)80-62(67)48-43-38-31-27-23-20-17-14-11-8-3/h56-59,64H,6-55H2,1-5H3,(H,69,70)(H,71,72)/t57-,58-,59-/m1/s1. The lowest BCUT2D eigenvalue weighted by atomic mass is 10.0. The van der Waals surface area contributed by atoms with Crippen molar-refractivity contribution in [1.29, 1.82) is 0 Å². The van der Waals surface area contributed by atoms with Crippen LogP contribution in [0, 0.1) is 5.92 Å². The van der Waals surface area contributed by atoms with Crippen molar-refractivity contribution in [2.45, 2.75) is 335 Å². The molecule has 0 saturated carbocycles. The topological polar surface area (TPSA) is 237 Å². The predicted molar refractivity (Wildman–Crippen MR) is 326 cm³/mol. The third-order valence-corrected chi connectivity index (χ3v) is 16.4. The van der Waals surface area contributed by atoms with E-state index < -0.39 is 97.5 Å². The quantitative estimate of drug-likeness (QED) is 0.0222. The van der Waals surface area contributed by atoms with E-state index in [-0.39, 0.29) is 25.7 Å². The number of hydrogen-bond acceptors (Lipinski definition) is 15. The monoisotopic (exact) mass is 1210 g/mol. The molecule has 0 aliphatic carbocycles. The van der Waals surface area contributed by atoms with E-state index in [9.17, 15) is 43.2 Å². The smallest absolute Gasteiger partial charge is 0.462 e. The molecule has 0 amide bonds. The maximum Gasteiger partial charge on any atom is 0.472 e. The van der Waals surface area contributed by atoms with Gasteiger partial charge >= 0.3 is 39.5 Å². The molecule has 82 heavy (non-hydrogen) atoms. The van der Waals surface area contributed by atoms with E-state index in [1.807, 2.05) is 0 Å². The second-order valence-corrected chi connectivity index (χ2v) is 26.2. The van der Waals surface area contributed by atoms with Gasteiger partial charge in [-0.05, 0) is 31.6 Å². The van der Waals surface area contributed by atoms with Crippen LogP contribution in [-0.2, 0) is 65.4 Å². The highest BCUT2D eigenvalue weighted by Gasteiger charge is 2.30. The summed E-state index contributed by atoms with van der Waals surface area (Å²) >= 11 is 0. The molecule has 17 nitrogen and oxygen atoms in total. The minimum atomic E-state index is -4.94. The highest BCUT2D eigenvalue weighted by Crippen LogP contribution is 2.45. The number of carbonyl (C=O) groups excluding carboxylic acids is 4. The Kier molecular flexibility index (Phi) is 55.5. The average Bonchev–Trinajstić information content (AvgIpc) is 3.44. The normalized spacial score (nSPS) is 14.3.